The minimum atomic E-state index is -0.0786. The second-order valence-electron chi connectivity index (χ2n) is 4.84. The molecule has 0 aliphatic rings. The van der Waals surface area contributed by atoms with Crippen LogP contribution in [-0.2, 0) is 13.0 Å². The standard InChI is InChI=1S/C13H17IN4O/c1-4-18-7-15-6-10(18)12-16-9(5-8(2)3)11(14)13(19)17-12/h6-8H,4-5H2,1-3H3,(H,16,17,19). The van der Waals surface area contributed by atoms with Crippen LogP contribution in [0.5, 0.6) is 0 Å². The average molecular weight is 372 g/mol. The number of rotatable bonds is 4. The number of halogens is 1. The number of hydrogen-bond donors (Lipinski definition) is 1. The minimum absolute atomic E-state index is 0.0786. The van der Waals surface area contributed by atoms with E-state index in [-0.39, 0.29) is 5.56 Å². The Morgan fingerprint density at radius 2 is 2.21 bits per heavy atom. The molecule has 1 N–H and O–H groups in total. The van der Waals surface area contributed by atoms with Gasteiger partial charge in [-0.25, -0.2) is 9.97 Å². The summed E-state index contributed by atoms with van der Waals surface area (Å²) in [7, 11) is 0. The summed E-state index contributed by atoms with van der Waals surface area (Å²) >= 11 is 2.06. The third kappa shape index (κ3) is 3.05. The van der Waals surface area contributed by atoms with E-state index in [9.17, 15) is 4.79 Å². The fraction of sp³-hybridized carbons (Fsp3) is 0.462. The fourth-order valence-corrected chi connectivity index (χ4v) is 2.39. The molecule has 102 valence electrons. The van der Waals surface area contributed by atoms with Crippen LogP contribution < -0.4 is 5.56 Å². The van der Waals surface area contributed by atoms with Crippen molar-refractivity contribution in [1.29, 1.82) is 0 Å². The summed E-state index contributed by atoms with van der Waals surface area (Å²) in [6.45, 7) is 7.07. The van der Waals surface area contributed by atoms with E-state index in [1.54, 1.807) is 12.5 Å². The van der Waals surface area contributed by atoms with Gasteiger partial charge in [0.15, 0.2) is 5.82 Å². The molecule has 0 saturated carbocycles. The van der Waals surface area contributed by atoms with Gasteiger partial charge in [-0.05, 0) is 41.9 Å². The molecule has 0 radical (unpaired) electrons. The summed E-state index contributed by atoms with van der Waals surface area (Å²) in [5.74, 6) is 1.06. The minimum Gasteiger partial charge on any atom is -0.328 e. The van der Waals surface area contributed by atoms with Crippen molar-refractivity contribution in [3.8, 4) is 11.5 Å². The maximum atomic E-state index is 12.0. The van der Waals surface area contributed by atoms with Gasteiger partial charge in [0.25, 0.3) is 5.56 Å². The molecule has 2 rings (SSSR count). The van der Waals surface area contributed by atoms with Crippen molar-refractivity contribution in [2.24, 2.45) is 5.92 Å². The van der Waals surface area contributed by atoms with E-state index in [0.29, 0.717) is 15.3 Å². The molecule has 0 amide bonds. The van der Waals surface area contributed by atoms with E-state index in [0.717, 1.165) is 24.4 Å². The van der Waals surface area contributed by atoms with Gasteiger partial charge < -0.3 is 9.55 Å². The van der Waals surface area contributed by atoms with Gasteiger partial charge in [-0.3, -0.25) is 4.79 Å². The summed E-state index contributed by atoms with van der Waals surface area (Å²) in [6, 6.07) is 0. The lowest BCUT2D eigenvalue weighted by Crippen LogP contribution is -2.18. The molecule has 2 aromatic rings. The van der Waals surface area contributed by atoms with Gasteiger partial charge in [-0.1, -0.05) is 13.8 Å². The molecule has 0 spiro atoms. The first-order valence-corrected chi connectivity index (χ1v) is 7.40. The SMILES string of the molecule is CCn1cncc1-c1nc(CC(C)C)c(I)c(=O)[nH]1. The third-order valence-electron chi connectivity index (χ3n) is 2.83. The van der Waals surface area contributed by atoms with Crippen molar-refractivity contribution in [1.82, 2.24) is 19.5 Å². The van der Waals surface area contributed by atoms with Crippen molar-refractivity contribution in [2.75, 3.05) is 0 Å². The predicted molar refractivity (Wildman–Crippen MR) is 83.0 cm³/mol. The molecule has 0 fully saturated rings. The Labute approximate surface area is 125 Å². The Morgan fingerprint density at radius 1 is 1.47 bits per heavy atom. The monoisotopic (exact) mass is 372 g/mol. The summed E-state index contributed by atoms with van der Waals surface area (Å²) in [4.78, 5) is 23.5. The zero-order valence-corrected chi connectivity index (χ0v) is 13.4. The molecule has 0 aliphatic carbocycles. The zero-order chi connectivity index (χ0) is 14.0. The highest BCUT2D eigenvalue weighted by atomic mass is 127. The summed E-state index contributed by atoms with van der Waals surface area (Å²) < 4.78 is 2.64. The van der Waals surface area contributed by atoms with Crippen LogP contribution in [-0.4, -0.2) is 19.5 Å². The topological polar surface area (TPSA) is 63.6 Å². The lowest BCUT2D eigenvalue weighted by atomic mass is 10.1. The van der Waals surface area contributed by atoms with E-state index in [4.69, 9.17) is 0 Å². The molecule has 0 saturated heterocycles. The highest BCUT2D eigenvalue weighted by molar-refractivity contribution is 14.1. The number of hydrogen-bond acceptors (Lipinski definition) is 3. The van der Waals surface area contributed by atoms with E-state index in [1.165, 1.54) is 0 Å². The van der Waals surface area contributed by atoms with Crippen molar-refractivity contribution in [3.63, 3.8) is 0 Å². The number of aryl methyl sites for hydroxylation is 1. The summed E-state index contributed by atoms with van der Waals surface area (Å²) in [5.41, 5.74) is 1.63. The molecule has 19 heavy (non-hydrogen) atoms. The van der Waals surface area contributed by atoms with Crippen LogP contribution in [0.15, 0.2) is 17.3 Å². The Morgan fingerprint density at radius 3 is 2.84 bits per heavy atom. The Kier molecular flexibility index (Phi) is 4.38. The summed E-state index contributed by atoms with van der Waals surface area (Å²) in [5, 5.41) is 0. The molecule has 0 bridgehead atoms. The molecule has 2 aromatic heterocycles. The summed E-state index contributed by atoms with van der Waals surface area (Å²) in [6.07, 6.45) is 4.28. The first kappa shape index (κ1) is 14.2. The molecule has 2 heterocycles. The normalized spacial score (nSPS) is 11.2. The molecule has 6 heteroatoms. The average Bonchev–Trinajstić information content (AvgIpc) is 2.82. The molecular formula is C13H17IN4O. The van der Waals surface area contributed by atoms with Crippen LogP contribution in [0, 0.1) is 9.49 Å². The van der Waals surface area contributed by atoms with E-state index in [1.807, 2.05) is 11.5 Å². The second kappa shape index (κ2) is 5.85. The molecule has 0 unspecified atom stereocenters. The fourth-order valence-electron chi connectivity index (χ4n) is 1.92. The third-order valence-corrected chi connectivity index (χ3v) is 3.94. The van der Waals surface area contributed by atoms with Gasteiger partial charge in [0, 0.05) is 6.54 Å². The lowest BCUT2D eigenvalue weighted by Gasteiger charge is -2.09. The van der Waals surface area contributed by atoms with E-state index < -0.39 is 0 Å². The van der Waals surface area contributed by atoms with Crippen LogP contribution >= 0.6 is 22.6 Å². The van der Waals surface area contributed by atoms with Crippen molar-refractivity contribution in [3.05, 3.63) is 32.1 Å². The van der Waals surface area contributed by atoms with E-state index >= 15 is 0 Å². The van der Waals surface area contributed by atoms with Crippen LogP contribution in [0.25, 0.3) is 11.5 Å². The van der Waals surface area contributed by atoms with Crippen LogP contribution in [0.1, 0.15) is 26.5 Å². The Balaban J connectivity index is 2.53. The van der Waals surface area contributed by atoms with Crippen molar-refractivity contribution in [2.45, 2.75) is 33.7 Å². The number of nitrogens with zero attached hydrogens (tertiary/aromatic N) is 3. The van der Waals surface area contributed by atoms with Gasteiger partial charge >= 0.3 is 0 Å². The Bertz CT molecular complexity index is 630. The second-order valence-corrected chi connectivity index (χ2v) is 5.92. The smallest absolute Gasteiger partial charge is 0.264 e. The van der Waals surface area contributed by atoms with E-state index in [2.05, 4.69) is 51.4 Å². The number of nitrogens with one attached hydrogen (secondary N) is 1. The highest BCUT2D eigenvalue weighted by Gasteiger charge is 2.13. The first-order valence-electron chi connectivity index (χ1n) is 6.32. The van der Waals surface area contributed by atoms with Gasteiger partial charge in [-0.2, -0.15) is 0 Å². The number of aromatic amines is 1. The quantitative estimate of drug-likeness (QED) is 0.839. The molecule has 0 aromatic carbocycles. The molecule has 0 atom stereocenters. The molecule has 0 aliphatic heterocycles. The number of aromatic nitrogens is 4. The maximum absolute atomic E-state index is 12.0. The lowest BCUT2D eigenvalue weighted by molar-refractivity contribution is 0.630. The van der Waals surface area contributed by atoms with Crippen LogP contribution in [0.2, 0.25) is 0 Å². The Hall–Kier alpha value is -1.18. The zero-order valence-electron chi connectivity index (χ0n) is 11.3. The maximum Gasteiger partial charge on any atom is 0.264 e. The van der Waals surface area contributed by atoms with Gasteiger partial charge in [0.1, 0.15) is 5.69 Å². The van der Waals surface area contributed by atoms with Crippen molar-refractivity contribution < 1.29 is 0 Å². The predicted octanol–water partition coefficient (Wildman–Crippen LogP) is 2.46. The van der Waals surface area contributed by atoms with Gasteiger partial charge in [0.2, 0.25) is 0 Å². The molecular weight excluding hydrogens is 355 g/mol. The first-order chi connectivity index (χ1) is 9.02. The van der Waals surface area contributed by atoms with Crippen LogP contribution in [0.4, 0.5) is 0 Å². The van der Waals surface area contributed by atoms with Crippen LogP contribution in [0.3, 0.4) is 0 Å². The molecule has 5 nitrogen and oxygen atoms in total. The van der Waals surface area contributed by atoms with Gasteiger partial charge in [-0.15, -0.1) is 0 Å². The van der Waals surface area contributed by atoms with Gasteiger partial charge in [0.05, 0.1) is 21.8 Å². The highest BCUT2D eigenvalue weighted by Crippen LogP contribution is 2.17. The van der Waals surface area contributed by atoms with Crippen molar-refractivity contribution >= 4 is 22.6 Å². The number of H-pyrrole nitrogens is 1. The largest absolute Gasteiger partial charge is 0.328 e. The number of imidazole rings is 1.